The fraction of sp³-hybridized carbons (Fsp3) is 0.500. The van der Waals surface area contributed by atoms with E-state index in [4.69, 9.17) is 5.11 Å². The number of nitrogens with one attached hydrogen (secondary N) is 1. The zero-order valence-corrected chi connectivity index (χ0v) is 11.0. The maximum absolute atomic E-state index is 13.5. The molecule has 2 N–H and O–H groups in total. The summed E-state index contributed by atoms with van der Waals surface area (Å²) in [5, 5.41) is 11.9. The van der Waals surface area contributed by atoms with Gasteiger partial charge in [-0.1, -0.05) is 6.92 Å². The number of likely N-dealkylation sites (tertiary alicyclic amines) is 1. The molecule has 1 aromatic carbocycles. The van der Waals surface area contributed by atoms with Gasteiger partial charge in [-0.2, -0.15) is 0 Å². The van der Waals surface area contributed by atoms with Crippen LogP contribution in [-0.2, 0) is 0 Å². The monoisotopic (exact) mass is 266 g/mol. The molecule has 1 unspecified atom stereocenters. The standard InChI is InChI=1S/C14H19FN2O2/c1-2-17-7-3-4-11(17)9-16-10-5-6-12(14(18)19)13(15)8-10/h5-6,8,11,16H,2-4,7,9H2,1H3,(H,18,19). The molecule has 0 aliphatic carbocycles. The second kappa shape index (κ2) is 6.02. The quantitative estimate of drug-likeness (QED) is 0.859. The van der Waals surface area contributed by atoms with Crippen molar-refractivity contribution < 1.29 is 14.3 Å². The maximum atomic E-state index is 13.5. The molecular formula is C14H19FN2O2. The molecule has 1 fully saturated rings. The molecule has 1 atom stereocenters. The van der Waals surface area contributed by atoms with E-state index < -0.39 is 11.8 Å². The number of likely N-dealkylation sites (N-methyl/N-ethyl adjacent to an activating group) is 1. The topological polar surface area (TPSA) is 52.6 Å². The van der Waals surface area contributed by atoms with E-state index in [0.29, 0.717) is 11.7 Å². The molecule has 5 heteroatoms. The summed E-state index contributed by atoms with van der Waals surface area (Å²) >= 11 is 0. The summed E-state index contributed by atoms with van der Waals surface area (Å²) in [5.74, 6) is -1.94. The van der Waals surface area contributed by atoms with Gasteiger partial charge in [0.25, 0.3) is 0 Å². The Morgan fingerprint density at radius 2 is 2.37 bits per heavy atom. The summed E-state index contributed by atoms with van der Waals surface area (Å²) in [6.45, 7) is 5.05. The third-order valence-corrected chi connectivity index (χ3v) is 3.65. The Bertz CT molecular complexity index is 465. The molecule has 2 rings (SSSR count). The van der Waals surface area contributed by atoms with Crippen LogP contribution in [0.3, 0.4) is 0 Å². The van der Waals surface area contributed by atoms with Crippen molar-refractivity contribution in [2.45, 2.75) is 25.8 Å². The minimum Gasteiger partial charge on any atom is -0.478 e. The number of hydrogen-bond donors (Lipinski definition) is 2. The van der Waals surface area contributed by atoms with Gasteiger partial charge in [0.15, 0.2) is 0 Å². The van der Waals surface area contributed by atoms with E-state index >= 15 is 0 Å². The predicted molar refractivity (Wildman–Crippen MR) is 72.1 cm³/mol. The van der Waals surface area contributed by atoms with Crippen molar-refractivity contribution in [1.29, 1.82) is 0 Å². The number of benzene rings is 1. The van der Waals surface area contributed by atoms with E-state index in [-0.39, 0.29) is 5.56 Å². The molecule has 1 aliphatic heterocycles. The second-order valence-corrected chi connectivity index (χ2v) is 4.81. The van der Waals surface area contributed by atoms with E-state index in [2.05, 4.69) is 17.1 Å². The van der Waals surface area contributed by atoms with Crippen LogP contribution in [0.25, 0.3) is 0 Å². The van der Waals surface area contributed by atoms with Crippen LogP contribution in [0.4, 0.5) is 10.1 Å². The van der Waals surface area contributed by atoms with E-state index in [1.54, 1.807) is 6.07 Å². The van der Waals surface area contributed by atoms with Gasteiger partial charge in [-0.15, -0.1) is 0 Å². The lowest BCUT2D eigenvalue weighted by Crippen LogP contribution is -2.34. The van der Waals surface area contributed by atoms with Crippen LogP contribution in [0.1, 0.15) is 30.1 Å². The van der Waals surface area contributed by atoms with E-state index in [1.165, 1.54) is 18.6 Å². The summed E-state index contributed by atoms with van der Waals surface area (Å²) < 4.78 is 13.5. The maximum Gasteiger partial charge on any atom is 0.338 e. The first-order chi connectivity index (χ1) is 9.11. The van der Waals surface area contributed by atoms with Crippen molar-refractivity contribution in [2.24, 2.45) is 0 Å². The number of carboxylic acid groups (broad SMARTS) is 1. The van der Waals surface area contributed by atoms with Crippen LogP contribution >= 0.6 is 0 Å². The van der Waals surface area contributed by atoms with Gasteiger partial charge in [-0.05, 0) is 44.1 Å². The first-order valence-electron chi connectivity index (χ1n) is 6.62. The molecule has 104 valence electrons. The molecule has 0 saturated carbocycles. The molecule has 0 aromatic heterocycles. The largest absolute Gasteiger partial charge is 0.478 e. The molecule has 0 spiro atoms. The number of nitrogens with zero attached hydrogens (tertiary/aromatic N) is 1. The Labute approximate surface area is 112 Å². The molecule has 19 heavy (non-hydrogen) atoms. The molecule has 1 saturated heterocycles. The van der Waals surface area contributed by atoms with E-state index in [1.807, 2.05) is 0 Å². The van der Waals surface area contributed by atoms with Crippen LogP contribution in [-0.4, -0.2) is 41.7 Å². The minimum absolute atomic E-state index is 0.290. The highest BCUT2D eigenvalue weighted by molar-refractivity contribution is 5.88. The highest BCUT2D eigenvalue weighted by Gasteiger charge is 2.22. The number of carbonyl (C=O) groups is 1. The Hall–Kier alpha value is -1.62. The summed E-state index contributed by atoms with van der Waals surface area (Å²) in [6.07, 6.45) is 2.35. The van der Waals surface area contributed by atoms with Crippen LogP contribution < -0.4 is 5.32 Å². The van der Waals surface area contributed by atoms with Gasteiger partial charge in [0.1, 0.15) is 5.82 Å². The lowest BCUT2D eigenvalue weighted by atomic mass is 10.1. The highest BCUT2D eigenvalue weighted by atomic mass is 19.1. The Balaban J connectivity index is 1.96. The summed E-state index contributed by atoms with van der Waals surface area (Å²) in [5.41, 5.74) is 0.340. The first-order valence-corrected chi connectivity index (χ1v) is 6.62. The van der Waals surface area contributed by atoms with E-state index in [9.17, 15) is 9.18 Å². The number of aromatic carboxylic acids is 1. The van der Waals surface area contributed by atoms with Gasteiger partial charge in [0.05, 0.1) is 5.56 Å². The highest BCUT2D eigenvalue weighted by Crippen LogP contribution is 2.19. The van der Waals surface area contributed by atoms with Crippen LogP contribution in [0.15, 0.2) is 18.2 Å². The molecule has 1 aromatic rings. The van der Waals surface area contributed by atoms with Crippen LogP contribution in [0, 0.1) is 5.82 Å². The molecule has 0 amide bonds. The van der Waals surface area contributed by atoms with Crippen molar-refractivity contribution in [1.82, 2.24) is 4.90 Å². The third kappa shape index (κ3) is 3.23. The van der Waals surface area contributed by atoms with Gasteiger partial charge in [0, 0.05) is 18.3 Å². The second-order valence-electron chi connectivity index (χ2n) is 4.81. The third-order valence-electron chi connectivity index (χ3n) is 3.65. The Morgan fingerprint density at radius 1 is 1.58 bits per heavy atom. The molecule has 1 aliphatic rings. The molecule has 0 bridgehead atoms. The molecule has 4 nitrogen and oxygen atoms in total. The summed E-state index contributed by atoms with van der Waals surface area (Å²) in [7, 11) is 0. The van der Waals surface area contributed by atoms with Gasteiger partial charge in [0.2, 0.25) is 0 Å². The van der Waals surface area contributed by atoms with E-state index in [0.717, 1.165) is 26.1 Å². The average molecular weight is 266 g/mol. The van der Waals surface area contributed by atoms with Gasteiger partial charge in [-0.3, -0.25) is 4.90 Å². The SMILES string of the molecule is CCN1CCCC1CNc1ccc(C(=O)O)c(F)c1. The normalized spacial score (nSPS) is 19.6. The average Bonchev–Trinajstić information content (AvgIpc) is 2.83. The fourth-order valence-electron chi connectivity index (χ4n) is 2.58. The first kappa shape index (κ1) is 13.8. The number of halogens is 1. The number of rotatable bonds is 5. The van der Waals surface area contributed by atoms with Crippen molar-refractivity contribution in [3.05, 3.63) is 29.6 Å². The minimum atomic E-state index is -1.24. The smallest absolute Gasteiger partial charge is 0.338 e. The van der Waals surface area contributed by atoms with Crippen molar-refractivity contribution in [3.8, 4) is 0 Å². The van der Waals surface area contributed by atoms with Crippen LogP contribution in [0.5, 0.6) is 0 Å². The Kier molecular flexibility index (Phi) is 4.37. The Morgan fingerprint density at radius 3 is 3.00 bits per heavy atom. The number of anilines is 1. The van der Waals surface area contributed by atoms with Gasteiger partial charge in [-0.25, -0.2) is 9.18 Å². The molecule has 1 heterocycles. The van der Waals surface area contributed by atoms with Crippen molar-refractivity contribution >= 4 is 11.7 Å². The lowest BCUT2D eigenvalue weighted by molar-refractivity contribution is 0.0692. The van der Waals surface area contributed by atoms with Gasteiger partial charge >= 0.3 is 5.97 Å². The number of carboxylic acids is 1. The van der Waals surface area contributed by atoms with Crippen molar-refractivity contribution in [3.63, 3.8) is 0 Å². The predicted octanol–water partition coefficient (Wildman–Crippen LogP) is 2.42. The summed E-state index contributed by atoms with van der Waals surface area (Å²) in [4.78, 5) is 13.1. The fourth-order valence-corrected chi connectivity index (χ4v) is 2.58. The summed E-state index contributed by atoms with van der Waals surface area (Å²) in [6, 6.07) is 4.63. The number of hydrogen-bond acceptors (Lipinski definition) is 3. The zero-order valence-electron chi connectivity index (χ0n) is 11.0. The van der Waals surface area contributed by atoms with Crippen molar-refractivity contribution in [2.75, 3.05) is 25.0 Å². The molecular weight excluding hydrogens is 247 g/mol. The molecule has 0 radical (unpaired) electrons. The van der Waals surface area contributed by atoms with Crippen LogP contribution in [0.2, 0.25) is 0 Å². The lowest BCUT2D eigenvalue weighted by Gasteiger charge is -2.23. The van der Waals surface area contributed by atoms with Gasteiger partial charge < -0.3 is 10.4 Å². The zero-order chi connectivity index (χ0) is 13.8.